The van der Waals surface area contributed by atoms with Crippen LogP contribution < -0.4 is 5.73 Å². The SMILES string of the molecule is Cc1ccc(SC[C@H]2O[C@@H](n3cnc4c(N)ncnc43)[C@H](O)[C@@H]2O)cc1. The molecule has 1 aliphatic rings. The molecule has 1 aliphatic heterocycles. The highest BCUT2D eigenvalue weighted by Crippen LogP contribution is 2.34. The zero-order chi connectivity index (χ0) is 18.3. The van der Waals surface area contributed by atoms with Crippen LogP contribution in [0.15, 0.2) is 41.8 Å². The van der Waals surface area contributed by atoms with Crippen LogP contribution in [0.2, 0.25) is 0 Å². The number of aliphatic hydroxyl groups excluding tert-OH is 2. The Morgan fingerprint density at radius 2 is 1.92 bits per heavy atom. The van der Waals surface area contributed by atoms with Crippen molar-refractivity contribution >= 4 is 28.7 Å². The van der Waals surface area contributed by atoms with E-state index in [0.29, 0.717) is 16.9 Å². The summed E-state index contributed by atoms with van der Waals surface area (Å²) < 4.78 is 7.51. The average molecular weight is 373 g/mol. The van der Waals surface area contributed by atoms with Crippen LogP contribution in [0, 0.1) is 6.92 Å². The maximum absolute atomic E-state index is 10.5. The first kappa shape index (κ1) is 17.2. The van der Waals surface area contributed by atoms with Gasteiger partial charge in [0, 0.05) is 10.6 Å². The molecule has 0 spiro atoms. The predicted molar refractivity (Wildman–Crippen MR) is 97.6 cm³/mol. The third-order valence-corrected chi connectivity index (χ3v) is 5.53. The summed E-state index contributed by atoms with van der Waals surface area (Å²) in [6.45, 7) is 2.03. The average Bonchev–Trinajstić information content (AvgIpc) is 3.18. The number of hydrogen-bond acceptors (Lipinski definition) is 8. The van der Waals surface area contributed by atoms with Crippen LogP contribution in [-0.4, -0.2) is 53.8 Å². The highest BCUT2D eigenvalue weighted by Gasteiger charge is 2.44. The fourth-order valence-electron chi connectivity index (χ4n) is 2.97. The number of aryl methyl sites for hydroxylation is 1. The molecule has 26 heavy (non-hydrogen) atoms. The molecule has 3 heterocycles. The minimum Gasteiger partial charge on any atom is -0.387 e. The number of imidazole rings is 1. The molecule has 1 saturated heterocycles. The Labute approximate surface area is 154 Å². The molecule has 136 valence electrons. The van der Waals surface area contributed by atoms with E-state index in [1.165, 1.54) is 18.2 Å². The van der Waals surface area contributed by atoms with Gasteiger partial charge in [0.05, 0.1) is 12.4 Å². The third-order valence-electron chi connectivity index (χ3n) is 4.43. The number of fused-ring (bicyclic) bond motifs is 1. The number of aromatic nitrogens is 4. The van der Waals surface area contributed by atoms with Gasteiger partial charge in [0.2, 0.25) is 0 Å². The molecule has 0 aliphatic carbocycles. The molecule has 0 amide bonds. The van der Waals surface area contributed by atoms with E-state index in [4.69, 9.17) is 10.5 Å². The topological polar surface area (TPSA) is 119 Å². The van der Waals surface area contributed by atoms with Gasteiger partial charge in [0.1, 0.15) is 24.1 Å². The smallest absolute Gasteiger partial charge is 0.167 e. The Bertz CT molecular complexity index is 916. The molecule has 9 heteroatoms. The first-order valence-electron chi connectivity index (χ1n) is 8.18. The monoisotopic (exact) mass is 373 g/mol. The minimum absolute atomic E-state index is 0.258. The number of ether oxygens (including phenoxy) is 1. The summed E-state index contributed by atoms with van der Waals surface area (Å²) in [7, 11) is 0. The predicted octanol–water partition coefficient (Wildman–Crippen LogP) is 1.13. The second kappa shape index (κ2) is 6.84. The highest BCUT2D eigenvalue weighted by atomic mass is 32.2. The summed E-state index contributed by atoms with van der Waals surface area (Å²) >= 11 is 1.57. The largest absolute Gasteiger partial charge is 0.387 e. The second-order valence-electron chi connectivity index (χ2n) is 6.25. The zero-order valence-corrected chi connectivity index (χ0v) is 14.9. The maximum atomic E-state index is 10.5. The van der Waals surface area contributed by atoms with Crippen LogP contribution in [0.4, 0.5) is 5.82 Å². The Morgan fingerprint density at radius 1 is 1.15 bits per heavy atom. The molecule has 4 atom stereocenters. The molecular weight excluding hydrogens is 354 g/mol. The lowest BCUT2D eigenvalue weighted by molar-refractivity contribution is -0.0289. The number of benzene rings is 1. The van der Waals surface area contributed by atoms with Crippen LogP contribution in [0.3, 0.4) is 0 Å². The molecule has 0 bridgehead atoms. The van der Waals surface area contributed by atoms with E-state index >= 15 is 0 Å². The zero-order valence-electron chi connectivity index (χ0n) is 14.1. The van der Waals surface area contributed by atoms with Crippen molar-refractivity contribution in [3.05, 3.63) is 42.5 Å². The van der Waals surface area contributed by atoms with Gasteiger partial charge in [-0.05, 0) is 19.1 Å². The van der Waals surface area contributed by atoms with Crippen molar-refractivity contribution < 1.29 is 14.9 Å². The maximum Gasteiger partial charge on any atom is 0.167 e. The number of nitrogens with two attached hydrogens (primary N) is 1. The summed E-state index contributed by atoms with van der Waals surface area (Å²) in [4.78, 5) is 13.3. The molecule has 0 unspecified atom stereocenters. The van der Waals surface area contributed by atoms with Gasteiger partial charge in [-0.2, -0.15) is 0 Å². The van der Waals surface area contributed by atoms with E-state index in [-0.39, 0.29) is 5.82 Å². The minimum atomic E-state index is -1.09. The standard InChI is InChI=1S/C17H19N5O3S/c1-9-2-4-10(5-3-9)26-6-11-13(23)14(24)17(25-11)22-8-21-12-15(18)19-7-20-16(12)22/h2-5,7-8,11,13-14,17,23-24H,6H2,1H3,(H2,18,19,20)/t11-,13-,14-,17-/m1/s1. The van der Waals surface area contributed by atoms with Gasteiger partial charge in [-0.15, -0.1) is 11.8 Å². The number of thioether (sulfide) groups is 1. The lowest BCUT2D eigenvalue weighted by atomic mass is 10.1. The fraction of sp³-hybridized carbons (Fsp3) is 0.353. The molecule has 3 aromatic rings. The van der Waals surface area contributed by atoms with Crippen molar-refractivity contribution in [1.29, 1.82) is 0 Å². The molecule has 1 fully saturated rings. The van der Waals surface area contributed by atoms with Crippen molar-refractivity contribution in [3.63, 3.8) is 0 Å². The molecule has 0 saturated carbocycles. The van der Waals surface area contributed by atoms with E-state index < -0.39 is 24.5 Å². The van der Waals surface area contributed by atoms with E-state index in [9.17, 15) is 10.2 Å². The van der Waals surface area contributed by atoms with E-state index in [1.54, 1.807) is 16.3 Å². The van der Waals surface area contributed by atoms with Crippen LogP contribution >= 0.6 is 11.8 Å². The number of hydrogen-bond donors (Lipinski definition) is 3. The fourth-order valence-corrected chi connectivity index (χ4v) is 3.93. The van der Waals surface area contributed by atoms with E-state index in [2.05, 4.69) is 15.0 Å². The molecule has 0 radical (unpaired) electrons. The summed E-state index contributed by atoms with van der Waals surface area (Å²) in [5.41, 5.74) is 7.89. The van der Waals surface area contributed by atoms with Crippen LogP contribution in [-0.2, 0) is 4.74 Å². The Hall–Kier alpha value is -2.20. The third kappa shape index (κ3) is 3.03. The number of nitrogens with zero attached hydrogens (tertiary/aromatic N) is 4. The number of rotatable bonds is 4. The summed E-state index contributed by atoms with van der Waals surface area (Å²) in [6, 6.07) is 8.12. The number of nitrogen functional groups attached to an aromatic ring is 1. The van der Waals surface area contributed by atoms with Gasteiger partial charge in [0.15, 0.2) is 17.7 Å². The van der Waals surface area contributed by atoms with Crippen LogP contribution in [0.5, 0.6) is 0 Å². The van der Waals surface area contributed by atoms with Gasteiger partial charge < -0.3 is 20.7 Å². The quantitative estimate of drug-likeness (QED) is 0.582. The van der Waals surface area contributed by atoms with Gasteiger partial charge in [-0.25, -0.2) is 15.0 Å². The summed E-state index contributed by atoms with van der Waals surface area (Å²) in [5.74, 6) is 0.773. The van der Waals surface area contributed by atoms with Crippen molar-refractivity contribution in [2.45, 2.75) is 36.4 Å². The lowest BCUT2D eigenvalue weighted by Gasteiger charge is -2.16. The van der Waals surface area contributed by atoms with Crippen molar-refractivity contribution in [2.75, 3.05) is 11.5 Å². The molecule has 2 aromatic heterocycles. The van der Waals surface area contributed by atoms with E-state index in [1.807, 2.05) is 31.2 Å². The molecule has 1 aromatic carbocycles. The second-order valence-corrected chi connectivity index (χ2v) is 7.35. The molecule has 4 rings (SSSR count). The summed E-state index contributed by atoms with van der Waals surface area (Å²) in [6.07, 6.45) is -0.572. The van der Waals surface area contributed by atoms with Crippen molar-refractivity contribution in [2.24, 2.45) is 0 Å². The normalized spacial score (nSPS) is 25.8. The molecule has 4 N–H and O–H groups in total. The lowest BCUT2D eigenvalue weighted by Crippen LogP contribution is -2.32. The van der Waals surface area contributed by atoms with E-state index in [0.717, 1.165) is 4.90 Å². The number of anilines is 1. The molecular formula is C17H19N5O3S. The van der Waals surface area contributed by atoms with Crippen molar-refractivity contribution in [1.82, 2.24) is 19.5 Å². The number of aliphatic hydroxyl groups is 2. The van der Waals surface area contributed by atoms with Crippen LogP contribution in [0.25, 0.3) is 11.2 Å². The van der Waals surface area contributed by atoms with Gasteiger partial charge in [-0.1, -0.05) is 17.7 Å². The van der Waals surface area contributed by atoms with Gasteiger partial charge >= 0.3 is 0 Å². The summed E-state index contributed by atoms with van der Waals surface area (Å²) in [5, 5.41) is 20.9. The van der Waals surface area contributed by atoms with Gasteiger partial charge in [-0.3, -0.25) is 4.57 Å². The first-order chi connectivity index (χ1) is 12.5. The first-order valence-corrected chi connectivity index (χ1v) is 9.17. The Balaban J connectivity index is 1.52. The molecule has 8 nitrogen and oxygen atoms in total. The van der Waals surface area contributed by atoms with Crippen molar-refractivity contribution in [3.8, 4) is 0 Å². The Kier molecular flexibility index (Phi) is 4.53. The Morgan fingerprint density at radius 3 is 2.69 bits per heavy atom. The van der Waals surface area contributed by atoms with Crippen LogP contribution in [0.1, 0.15) is 11.8 Å². The van der Waals surface area contributed by atoms with Gasteiger partial charge in [0.25, 0.3) is 0 Å². The highest BCUT2D eigenvalue weighted by molar-refractivity contribution is 7.99.